The van der Waals surface area contributed by atoms with Crippen LogP contribution in [0.25, 0.3) is 0 Å². The highest BCUT2D eigenvalue weighted by atomic mass is 16.1. The zero-order valence-electron chi connectivity index (χ0n) is 11.9. The first-order valence-corrected chi connectivity index (χ1v) is 6.87. The van der Waals surface area contributed by atoms with Crippen molar-refractivity contribution in [2.45, 2.75) is 26.8 Å². The minimum Gasteiger partial charge on any atom is -0.381 e. The van der Waals surface area contributed by atoms with Gasteiger partial charge in [0.25, 0.3) is 0 Å². The average Bonchev–Trinajstić information content (AvgIpc) is 2.48. The van der Waals surface area contributed by atoms with Crippen LogP contribution in [0.5, 0.6) is 0 Å². The van der Waals surface area contributed by atoms with Gasteiger partial charge in [0.1, 0.15) is 0 Å². The molecule has 0 fully saturated rings. The van der Waals surface area contributed by atoms with Crippen LogP contribution in [0.15, 0.2) is 48.5 Å². The zero-order chi connectivity index (χ0) is 14.4. The van der Waals surface area contributed by atoms with Gasteiger partial charge in [-0.15, -0.1) is 0 Å². The summed E-state index contributed by atoms with van der Waals surface area (Å²) < 4.78 is 0. The Labute approximate surface area is 120 Å². The first kappa shape index (κ1) is 14.1. The Morgan fingerprint density at radius 3 is 2.55 bits per heavy atom. The lowest BCUT2D eigenvalue weighted by Crippen LogP contribution is -2.10. The number of aryl methyl sites for hydroxylation is 1. The van der Waals surface area contributed by atoms with Gasteiger partial charge in [0.2, 0.25) is 5.91 Å². The molecule has 0 aromatic heterocycles. The van der Waals surface area contributed by atoms with Crippen LogP contribution in [0.1, 0.15) is 24.5 Å². The molecule has 0 saturated heterocycles. The Bertz CT molecular complexity index is 579. The summed E-state index contributed by atoms with van der Waals surface area (Å²) in [5.41, 5.74) is 4.27. The van der Waals surface area contributed by atoms with Gasteiger partial charge < -0.3 is 10.6 Å². The molecule has 0 atom stereocenters. The van der Waals surface area contributed by atoms with Crippen molar-refractivity contribution in [3.63, 3.8) is 0 Å². The lowest BCUT2D eigenvalue weighted by atomic mass is 10.1. The second-order valence-corrected chi connectivity index (χ2v) is 4.77. The molecule has 0 saturated carbocycles. The van der Waals surface area contributed by atoms with E-state index in [1.807, 2.05) is 43.3 Å². The van der Waals surface area contributed by atoms with Crippen molar-refractivity contribution in [1.82, 2.24) is 0 Å². The van der Waals surface area contributed by atoms with Gasteiger partial charge in [0, 0.05) is 24.3 Å². The van der Waals surface area contributed by atoms with Crippen LogP contribution < -0.4 is 10.6 Å². The molecule has 20 heavy (non-hydrogen) atoms. The summed E-state index contributed by atoms with van der Waals surface area (Å²) in [4.78, 5) is 11.4. The van der Waals surface area contributed by atoms with Gasteiger partial charge in [-0.2, -0.15) is 0 Å². The average molecular weight is 268 g/mol. The number of rotatable bonds is 5. The van der Waals surface area contributed by atoms with E-state index in [1.54, 1.807) is 0 Å². The molecular weight excluding hydrogens is 248 g/mol. The number of amides is 1. The summed E-state index contributed by atoms with van der Waals surface area (Å²) in [6.07, 6.45) is 0.487. The van der Waals surface area contributed by atoms with E-state index >= 15 is 0 Å². The highest BCUT2D eigenvalue weighted by Crippen LogP contribution is 2.21. The molecule has 0 aliphatic carbocycles. The Kier molecular flexibility index (Phi) is 4.77. The van der Waals surface area contributed by atoms with E-state index in [0.717, 1.165) is 23.5 Å². The maximum Gasteiger partial charge on any atom is 0.224 e. The maximum absolute atomic E-state index is 11.4. The van der Waals surface area contributed by atoms with Crippen LogP contribution >= 0.6 is 0 Å². The number of carbonyl (C=O) groups excluding carboxylic acids is 1. The van der Waals surface area contributed by atoms with Gasteiger partial charge >= 0.3 is 0 Å². The predicted molar refractivity (Wildman–Crippen MR) is 83.9 cm³/mol. The number of hydrogen-bond acceptors (Lipinski definition) is 2. The third-order valence-electron chi connectivity index (χ3n) is 3.17. The molecule has 3 heteroatoms. The molecule has 1 amide bonds. The third-order valence-corrected chi connectivity index (χ3v) is 3.17. The van der Waals surface area contributed by atoms with Crippen LogP contribution in [0.4, 0.5) is 11.4 Å². The summed E-state index contributed by atoms with van der Waals surface area (Å²) in [5.74, 6) is 0.0304. The molecule has 2 aromatic rings. The largest absolute Gasteiger partial charge is 0.381 e. The number of benzene rings is 2. The molecule has 104 valence electrons. The van der Waals surface area contributed by atoms with Crippen molar-refractivity contribution >= 4 is 17.3 Å². The summed E-state index contributed by atoms with van der Waals surface area (Å²) in [6, 6.07) is 16.2. The van der Waals surface area contributed by atoms with E-state index in [9.17, 15) is 4.79 Å². The predicted octanol–water partition coefficient (Wildman–Crippen LogP) is 3.96. The summed E-state index contributed by atoms with van der Waals surface area (Å²) in [7, 11) is 0. The number of carbonyl (C=O) groups is 1. The van der Waals surface area contributed by atoms with Gasteiger partial charge in [0.15, 0.2) is 0 Å². The van der Waals surface area contributed by atoms with Crippen molar-refractivity contribution in [1.29, 1.82) is 0 Å². The number of hydrogen-bond donors (Lipinski definition) is 2. The first-order chi connectivity index (χ1) is 9.69. The smallest absolute Gasteiger partial charge is 0.224 e. The fourth-order valence-electron chi connectivity index (χ4n) is 1.93. The highest BCUT2D eigenvalue weighted by molar-refractivity contribution is 5.91. The van der Waals surface area contributed by atoms with Crippen LogP contribution in [0.2, 0.25) is 0 Å². The minimum absolute atomic E-state index is 0.0304. The van der Waals surface area contributed by atoms with Crippen LogP contribution in [-0.4, -0.2) is 5.91 Å². The van der Waals surface area contributed by atoms with Gasteiger partial charge in [-0.1, -0.05) is 43.3 Å². The molecule has 0 aliphatic heterocycles. The first-order valence-electron chi connectivity index (χ1n) is 6.87. The third kappa shape index (κ3) is 3.85. The monoisotopic (exact) mass is 268 g/mol. The highest BCUT2D eigenvalue weighted by Gasteiger charge is 2.03. The molecule has 3 nitrogen and oxygen atoms in total. The second-order valence-electron chi connectivity index (χ2n) is 4.77. The Balaban J connectivity index is 2.06. The Morgan fingerprint density at radius 2 is 1.85 bits per heavy atom. The van der Waals surface area contributed by atoms with E-state index in [0.29, 0.717) is 6.42 Å². The summed E-state index contributed by atoms with van der Waals surface area (Å²) in [5, 5.41) is 6.29. The van der Waals surface area contributed by atoms with E-state index < -0.39 is 0 Å². The van der Waals surface area contributed by atoms with Crippen LogP contribution in [-0.2, 0) is 11.3 Å². The van der Waals surface area contributed by atoms with Gasteiger partial charge in [-0.25, -0.2) is 0 Å². The van der Waals surface area contributed by atoms with Crippen molar-refractivity contribution in [2.24, 2.45) is 0 Å². The number of anilines is 2. The fraction of sp³-hybridized carbons (Fsp3) is 0.235. The number of nitrogens with one attached hydrogen (secondary N) is 2. The van der Waals surface area contributed by atoms with Crippen molar-refractivity contribution in [3.05, 3.63) is 59.7 Å². The standard InChI is InChI=1S/C17H20N2O/c1-3-17(20)19-15-10-9-13(2)16(11-15)18-12-14-7-5-4-6-8-14/h4-11,18H,3,12H2,1-2H3,(H,19,20). The van der Waals surface area contributed by atoms with Gasteiger partial charge in [0.05, 0.1) is 0 Å². The fourth-order valence-corrected chi connectivity index (χ4v) is 1.93. The lowest BCUT2D eigenvalue weighted by molar-refractivity contribution is -0.115. The second kappa shape index (κ2) is 6.75. The van der Waals surface area contributed by atoms with Crippen molar-refractivity contribution in [3.8, 4) is 0 Å². The summed E-state index contributed by atoms with van der Waals surface area (Å²) in [6.45, 7) is 4.67. The van der Waals surface area contributed by atoms with Crippen molar-refractivity contribution in [2.75, 3.05) is 10.6 Å². The van der Waals surface area contributed by atoms with E-state index in [2.05, 4.69) is 29.7 Å². The minimum atomic E-state index is 0.0304. The molecule has 0 bridgehead atoms. The van der Waals surface area contributed by atoms with E-state index in [1.165, 1.54) is 5.56 Å². The summed E-state index contributed by atoms with van der Waals surface area (Å²) >= 11 is 0. The normalized spacial score (nSPS) is 10.1. The molecule has 0 spiro atoms. The molecular formula is C17H20N2O. The van der Waals surface area contributed by atoms with Crippen LogP contribution in [0.3, 0.4) is 0 Å². The molecule has 0 radical (unpaired) electrons. The maximum atomic E-state index is 11.4. The Hall–Kier alpha value is -2.29. The molecule has 2 aromatic carbocycles. The SMILES string of the molecule is CCC(=O)Nc1ccc(C)c(NCc2ccccc2)c1. The quantitative estimate of drug-likeness (QED) is 0.862. The van der Waals surface area contributed by atoms with Crippen molar-refractivity contribution < 1.29 is 4.79 Å². The van der Waals surface area contributed by atoms with Gasteiger partial charge in [-0.3, -0.25) is 4.79 Å². The van der Waals surface area contributed by atoms with Gasteiger partial charge in [-0.05, 0) is 30.2 Å². The van der Waals surface area contributed by atoms with E-state index in [4.69, 9.17) is 0 Å². The molecule has 2 rings (SSSR count). The topological polar surface area (TPSA) is 41.1 Å². The van der Waals surface area contributed by atoms with E-state index in [-0.39, 0.29) is 5.91 Å². The lowest BCUT2D eigenvalue weighted by Gasteiger charge is -2.12. The molecule has 0 unspecified atom stereocenters. The molecule has 0 heterocycles. The molecule has 0 aliphatic rings. The zero-order valence-corrected chi connectivity index (χ0v) is 11.9. The molecule has 2 N–H and O–H groups in total. The van der Waals surface area contributed by atoms with Crippen LogP contribution in [0, 0.1) is 6.92 Å². The Morgan fingerprint density at radius 1 is 1.10 bits per heavy atom.